The Labute approximate surface area is 197 Å². The van der Waals surface area contributed by atoms with Crippen molar-refractivity contribution in [2.45, 2.75) is 69.6 Å². The van der Waals surface area contributed by atoms with Crippen LogP contribution in [0.15, 0.2) is 54.7 Å². The van der Waals surface area contributed by atoms with Crippen LogP contribution in [-0.2, 0) is 12.7 Å². The Bertz CT molecular complexity index is 1210. The summed E-state index contributed by atoms with van der Waals surface area (Å²) in [5.41, 5.74) is 1.77. The third-order valence-electron chi connectivity index (χ3n) is 8.88. The molecule has 0 radical (unpaired) electrons. The number of nitrogens with zero attached hydrogens (tertiary/aromatic N) is 1. The lowest BCUT2D eigenvalue weighted by Crippen LogP contribution is -2.54. The minimum Gasteiger partial charge on any atom is -0.346 e. The Morgan fingerprint density at radius 2 is 1.62 bits per heavy atom. The van der Waals surface area contributed by atoms with Gasteiger partial charge in [-0.3, -0.25) is 4.79 Å². The lowest BCUT2D eigenvalue weighted by atomic mass is 9.56. The molecule has 0 aliphatic heterocycles. The average Bonchev–Trinajstić information content (AvgIpc) is 3.53. The van der Waals surface area contributed by atoms with Crippen LogP contribution in [0.5, 0.6) is 0 Å². The van der Waals surface area contributed by atoms with Crippen LogP contribution >= 0.6 is 0 Å². The zero-order chi connectivity index (χ0) is 23.6. The molecular weight excluding hydrogens is 437 g/mol. The van der Waals surface area contributed by atoms with Crippen LogP contribution in [0.1, 0.15) is 72.9 Å². The van der Waals surface area contributed by atoms with E-state index in [9.17, 15) is 18.0 Å². The first-order valence-corrected chi connectivity index (χ1v) is 12.4. The highest BCUT2D eigenvalue weighted by Gasteiger charge is 2.61. The molecule has 3 aromatic rings. The van der Waals surface area contributed by atoms with Crippen LogP contribution < -0.4 is 5.32 Å². The van der Waals surface area contributed by atoms with Crippen LogP contribution in [0.2, 0.25) is 0 Å². The smallest absolute Gasteiger partial charge is 0.346 e. The maximum atomic E-state index is 13.6. The van der Waals surface area contributed by atoms with Gasteiger partial charge in [0.05, 0.1) is 16.6 Å². The molecule has 1 amide bonds. The molecule has 1 aromatic heterocycles. The monoisotopic (exact) mass is 466 g/mol. The van der Waals surface area contributed by atoms with Crippen LogP contribution in [-0.4, -0.2) is 16.0 Å². The molecule has 0 spiro atoms. The first kappa shape index (κ1) is 21.8. The number of hydrogen-bond donors (Lipinski definition) is 1. The van der Waals surface area contributed by atoms with E-state index in [1.807, 2.05) is 35.0 Å². The summed E-state index contributed by atoms with van der Waals surface area (Å²) in [6.45, 7) is 0.405. The van der Waals surface area contributed by atoms with Gasteiger partial charge in [-0.15, -0.1) is 0 Å². The molecule has 34 heavy (non-hydrogen) atoms. The number of rotatable bonds is 5. The summed E-state index contributed by atoms with van der Waals surface area (Å²) in [7, 11) is 0. The predicted octanol–water partition coefficient (Wildman–Crippen LogP) is 6.94. The normalized spacial score (nSPS) is 25.4. The van der Waals surface area contributed by atoms with Crippen molar-refractivity contribution in [2.24, 2.45) is 11.3 Å². The molecule has 2 aromatic carbocycles. The van der Waals surface area contributed by atoms with E-state index in [4.69, 9.17) is 0 Å². The van der Waals surface area contributed by atoms with E-state index in [0.29, 0.717) is 12.1 Å². The number of hydrogen-bond acceptors (Lipinski definition) is 1. The zero-order valence-electron chi connectivity index (χ0n) is 19.1. The van der Waals surface area contributed by atoms with Gasteiger partial charge in [0.15, 0.2) is 0 Å². The largest absolute Gasteiger partial charge is 0.416 e. The second kappa shape index (κ2) is 7.62. The Hall–Kier alpha value is -2.76. The number of carbonyl (C=O) groups excluding carboxylic acids is 1. The maximum absolute atomic E-state index is 13.6. The maximum Gasteiger partial charge on any atom is 0.416 e. The fourth-order valence-electron chi connectivity index (χ4n) is 6.74. The molecule has 0 atom stereocenters. The van der Waals surface area contributed by atoms with Crippen molar-refractivity contribution in [3.05, 3.63) is 71.4 Å². The van der Waals surface area contributed by atoms with Gasteiger partial charge in [-0.1, -0.05) is 24.3 Å². The van der Waals surface area contributed by atoms with Crippen LogP contribution in [0.3, 0.4) is 0 Å². The quantitative estimate of drug-likeness (QED) is 0.434. The molecule has 2 bridgehead atoms. The molecule has 7 rings (SSSR count). The predicted molar refractivity (Wildman–Crippen MR) is 126 cm³/mol. The standard InChI is InChI=1S/C28H29F3N2O/c29-28(30,31)22-6-4-20(5-7-22)18-33-17-11-21-2-1-3-23(24(21)33)25(34)32-27(15-16-27)26-12-8-19(9-13-26)10-14-26/h1-7,11,17,19H,8-10,12-16,18H2,(H,32,34). The highest BCUT2D eigenvalue weighted by atomic mass is 19.4. The van der Waals surface area contributed by atoms with E-state index in [2.05, 4.69) is 5.32 Å². The topological polar surface area (TPSA) is 34.0 Å². The lowest BCUT2D eigenvalue weighted by molar-refractivity contribution is -0.137. The summed E-state index contributed by atoms with van der Waals surface area (Å²) in [4.78, 5) is 13.6. The SMILES string of the molecule is O=C(NC1(C23CCC(CC2)CC3)CC1)c1cccc2ccn(Cc3ccc(C(F)(F)F)cc3)c12. The van der Waals surface area contributed by atoms with Crippen molar-refractivity contribution in [1.82, 2.24) is 9.88 Å². The summed E-state index contributed by atoms with van der Waals surface area (Å²) in [5, 5.41) is 4.45. The zero-order valence-corrected chi connectivity index (χ0v) is 19.1. The van der Waals surface area contributed by atoms with E-state index < -0.39 is 11.7 Å². The number of carbonyl (C=O) groups is 1. The number of aromatic nitrogens is 1. The van der Waals surface area contributed by atoms with Gasteiger partial charge in [0.2, 0.25) is 0 Å². The molecule has 6 heteroatoms. The van der Waals surface area contributed by atoms with Gasteiger partial charge in [0, 0.05) is 23.7 Å². The fourth-order valence-corrected chi connectivity index (χ4v) is 6.74. The van der Waals surface area contributed by atoms with Gasteiger partial charge in [-0.2, -0.15) is 13.2 Å². The molecule has 1 N–H and O–H groups in total. The van der Waals surface area contributed by atoms with Gasteiger partial charge in [-0.05, 0) is 92.5 Å². The summed E-state index contributed by atoms with van der Waals surface area (Å²) in [6.07, 6.45) is 7.26. The second-order valence-electron chi connectivity index (χ2n) is 10.7. The van der Waals surface area contributed by atoms with Crippen molar-refractivity contribution in [2.75, 3.05) is 0 Å². The number of halogens is 3. The molecule has 0 unspecified atom stereocenters. The van der Waals surface area contributed by atoms with Gasteiger partial charge in [0.1, 0.15) is 0 Å². The highest BCUT2D eigenvalue weighted by Crippen LogP contribution is 2.63. The van der Waals surface area contributed by atoms with E-state index >= 15 is 0 Å². The van der Waals surface area contributed by atoms with Gasteiger partial charge in [0.25, 0.3) is 5.91 Å². The molecule has 4 fully saturated rings. The first-order valence-electron chi connectivity index (χ1n) is 12.4. The number of alkyl halides is 3. The second-order valence-corrected chi connectivity index (χ2v) is 10.7. The van der Waals surface area contributed by atoms with Gasteiger partial charge in [-0.25, -0.2) is 0 Å². The average molecular weight is 467 g/mol. The number of benzene rings is 2. The Morgan fingerprint density at radius 1 is 0.941 bits per heavy atom. The van der Waals surface area contributed by atoms with Crippen molar-refractivity contribution in [3.63, 3.8) is 0 Å². The van der Waals surface area contributed by atoms with Gasteiger partial charge >= 0.3 is 6.18 Å². The van der Waals surface area contributed by atoms with Crippen LogP contribution in [0, 0.1) is 11.3 Å². The molecule has 4 saturated carbocycles. The van der Waals surface area contributed by atoms with E-state index in [1.165, 1.54) is 50.7 Å². The van der Waals surface area contributed by atoms with Crippen LogP contribution in [0.4, 0.5) is 13.2 Å². The minimum absolute atomic E-state index is 0.0301. The third kappa shape index (κ3) is 3.53. The van der Waals surface area contributed by atoms with Gasteiger partial charge < -0.3 is 9.88 Å². The van der Waals surface area contributed by atoms with Crippen molar-refractivity contribution < 1.29 is 18.0 Å². The summed E-state index contributed by atoms with van der Waals surface area (Å²) >= 11 is 0. The molecule has 4 aliphatic rings. The van der Waals surface area contributed by atoms with E-state index in [1.54, 1.807) is 0 Å². The summed E-state index contributed by atoms with van der Waals surface area (Å²) in [5.74, 6) is 0.855. The fraction of sp³-hybridized carbons (Fsp3) is 0.464. The number of para-hydroxylation sites is 1. The van der Waals surface area contributed by atoms with Crippen molar-refractivity contribution >= 4 is 16.8 Å². The lowest BCUT2D eigenvalue weighted by Gasteiger charge is -2.51. The highest BCUT2D eigenvalue weighted by molar-refractivity contribution is 6.06. The number of amides is 1. The molecule has 1 heterocycles. The summed E-state index contributed by atoms with van der Waals surface area (Å²) in [6, 6.07) is 13.0. The molecule has 4 aliphatic carbocycles. The van der Waals surface area contributed by atoms with E-state index in [-0.39, 0.29) is 16.9 Å². The Kier molecular flexibility index (Phi) is 4.88. The summed E-state index contributed by atoms with van der Waals surface area (Å²) < 4.78 is 40.8. The molecule has 0 saturated heterocycles. The molecule has 178 valence electrons. The first-order chi connectivity index (χ1) is 16.3. The number of fused-ring (bicyclic) bond motifs is 4. The Balaban J connectivity index is 1.28. The molecule has 3 nitrogen and oxygen atoms in total. The van der Waals surface area contributed by atoms with Crippen molar-refractivity contribution in [1.29, 1.82) is 0 Å². The van der Waals surface area contributed by atoms with E-state index in [0.717, 1.165) is 47.4 Å². The van der Waals surface area contributed by atoms with Crippen molar-refractivity contribution in [3.8, 4) is 0 Å². The minimum atomic E-state index is -4.35. The van der Waals surface area contributed by atoms with Crippen LogP contribution in [0.25, 0.3) is 10.9 Å². The number of nitrogens with one attached hydrogen (secondary N) is 1. The third-order valence-corrected chi connectivity index (χ3v) is 8.88. The Morgan fingerprint density at radius 3 is 2.24 bits per heavy atom. The molecular formula is C28H29F3N2O.